The number of hydrogen-bond donors (Lipinski definition) is 1. The highest BCUT2D eigenvalue weighted by Gasteiger charge is 2.56. The average Bonchev–Trinajstić information content (AvgIpc) is 3.27. The number of ether oxygens (including phenoxy) is 12. The topological polar surface area (TPSA) is 233 Å². The first-order valence-corrected chi connectivity index (χ1v) is 20.3. The molecule has 1 N–H and O–H groups in total. The van der Waals surface area contributed by atoms with Gasteiger partial charge in [0, 0.05) is 34.8 Å². The van der Waals surface area contributed by atoms with Crippen LogP contribution in [0.4, 0.5) is 0 Å². The number of carbonyl (C=O) groups is 6. The molecule has 2 aliphatic rings. The van der Waals surface area contributed by atoms with Crippen LogP contribution in [0, 0.1) is 0 Å². The molecule has 19 heteroatoms. The van der Waals surface area contributed by atoms with Gasteiger partial charge in [-0.25, -0.2) is 9.59 Å². The van der Waals surface area contributed by atoms with E-state index >= 15 is 0 Å². The predicted molar refractivity (Wildman–Crippen MR) is 217 cm³/mol. The van der Waals surface area contributed by atoms with E-state index in [1.54, 1.807) is 55.6 Å². The minimum absolute atomic E-state index is 0.118. The fourth-order valence-corrected chi connectivity index (χ4v) is 6.73. The number of methoxy groups -OCH3 is 1. The molecule has 0 radical (unpaired) electrons. The molecule has 10 atom stereocenters. The second-order valence-corrected chi connectivity index (χ2v) is 14.6. The van der Waals surface area contributed by atoms with Crippen molar-refractivity contribution in [2.75, 3.05) is 33.5 Å². The van der Waals surface area contributed by atoms with Crippen LogP contribution in [0.25, 0.3) is 0 Å². The van der Waals surface area contributed by atoms with Crippen LogP contribution in [-0.4, -0.2) is 136 Å². The van der Waals surface area contributed by atoms with E-state index in [9.17, 15) is 33.9 Å². The fourth-order valence-electron chi connectivity index (χ4n) is 6.73. The molecule has 3 aromatic rings. The van der Waals surface area contributed by atoms with E-state index in [0.29, 0.717) is 25.4 Å². The van der Waals surface area contributed by atoms with Crippen molar-refractivity contribution in [1.82, 2.24) is 0 Å². The lowest BCUT2D eigenvalue weighted by atomic mass is 9.96. The molecule has 19 nitrogen and oxygen atoms in total. The summed E-state index contributed by atoms with van der Waals surface area (Å²) in [5.41, 5.74) is 1.84. The first-order valence-electron chi connectivity index (χ1n) is 20.3. The first-order chi connectivity index (χ1) is 30.7. The number of aliphatic hydroxyl groups is 1. The lowest BCUT2D eigenvalue weighted by Gasteiger charge is -2.48. The number of carbonyl (C=O) groups excluding carboxylic acids is 6. The normalized spacial score (nSPS) is 25.3. The van der Waals surface area contributed by atoms with Crippen molar-refractivity contribution in [3.8, 4) is 0 Å². The minimum Gasteiger partial charge on any atom is -0.463 e. The number of rotatable bonds is 20. The van der Waals surface area contributed by atoms with Crippen molar-refractivity contribution in [2.45, 2.75) is 102 Å². The van der Waals surface area contributed by atoms with Gasteiger partial charge in [-0.15, -0.1) is 0 Å². The van der Waals surface area contributed by atoms with E-state index in [1.165, 1.54) is 24.3 Å². The third-order valence-electron chi connectivity index (χ3n) is 9.63. The van der Waals surface area contributed by atoms with Gasteiger partial charge in [0.25, 0.3) is 0 Å². The van der Waals surface area contributed by atoms with Gasteiger partial charge in [-0.1, -0.05) is 60.7 Å². The van der Waals surface area contributed by atoms with E-state index in [-0.39, 0.29) is 17.7 Å². The average molecular weight is 897 g/mol. The molecule has 0 aromatic heterocycles. The second-order valence-electron chi connectivity index (χ2n) is 14.6. The molecule has 346 valence electrons. The molecule has 0 unspecified atom stereocenters. The monoisotopic (exact) mass is 896 g/mol. The maximum absolute atomic E-state index is 13.6. The highest BCUT2D eigenvalue weighted by Crippen LogP contribution is 2.35. The molecule has 5 rings (SSSR count). The predicted octanol–water partition coefficient (Wildman–Crippen LogP) is 3.00. The first kappa shape index (κ1) is 49.2. The summed E-state index contributed by atoms with van der Waals surface area (Å²) in [5.74, 6) is -5.06. The molecular weight excluding hydrogens is 844 g/mol. The van der Waals surface area contributed by atoms with Gasteiger partial charge in [-0.2, -0.15) is 0 Å². The Morgan fingerprint density at radius 2 is 1.05 bits per heavy atom. The fraction of sp³-hybridized carbons (Fsp3) is 0.467. The molecule has 2 saturated heterocycles. The molecule has 2 aliphatic heterocycles. The molecule has 0 amide bonds. The number of aliphatic hydroxyl groups excluding tert-OH is 1. The van der Waals surface area contributed by atoms with E-state index in [4.69, 9.17) is 56.8 Å². The second kappa shape index (κ2) is 24.3. The molecule has 0 spiro atoms. The van der Waals surface area contributed by atoms with Crippen molar-refractivity contribution in [1.29, 1.82) is 0 Å². The molecule has 0 aliphatic carbocycles. The Bertz CT molecular complexity index is 1990. The summed E-state index contributed by atoms with van der Waals surface area (Å²) in [6.45, 7) is 4.17. The zero-order chi connectivity index (χ0) is 46.2. The van der Waals surface area contributed by atoms with Crippen molar-refractivity contribution >= 4 is 35.8 Å². The largest absolute Gasteiger partial charge is 0.463 e. The van der Waals surface area contributed by atoms with Gasteiger partial charge in [0.2, 0.25) is 0 Å². The third kappa shape index (κ3) is 14.4. The molecule has 2 fully saturated rings. The van der Waals surface area contributed by atoms with Crippen LogP contribution in [0.15, 0.2) is 84.9 Å². The summed E-state index contributed by atoms with van der Waals surface area (Å²) in [6, 6.07) is 23.1. The molecule has 64 heavy (non-hydrogen) atoms. The van der Waals surface area contributed by atoms with Gasteiger partial charge in [0.05, 0.1) is 37.6 Å². The molecule has 0 saturated carbocycles. The smallest absolute Gasteiger partial charge is 0.338 e. The summed E-state index contributed by atoms with van der Waals surface area (Å²) in [4.78, 5) is 76.3. The van der Waals surface area contributed by atoms with E-state index in [1.807, 2.05) is 12.1 Å². The van der Waals surface area contributed by atoms with Crippen LogP contribution >= 0.6 is 0 Å². The van der Waals surface area contributed by atoms with Gasteiger partial charge in [-0.3, -0.25) is 19.2 Å². The number of benzene rings is 3. The van der Waals surface area contributed by atoms with Crippen molar-refractivity contribution in [3.63, 3.8) is 0 Å². The quantitative estimate of drug-likeness (QED) is 0.0975. The highest BCUT2D eigenvalue weighted by atomic mass is 16.8. The molecule has 3 aromatic carbocycles. The van der Waals surface area contributed by atoms with Crippen molar-refractivity contribution in [2.24, 2.45) is 0 Å². The van der Waals surface area contributed by atoms with Gasteiger partial charge in [0.15, 0.2) is 37.0 Å². The van der Waals surface area contributed by atoms with E-state index in [0.717, 1.165) is 33.3 Å². The Morgan fingerprint density at radius 3 is 1.62 bits per heavy atom. The Kier molecular flexibility index (Phi) is 18.7. The Hall–Kier alpha value is -5.80. The maximum atomic E-state index is 13.6. The van der Waals surface area contributed by atoms with Crippen LogP contribution in [-0.2, 0) is 89.2 Å². The summed E-state index contributed by atoms with van der Waals surface area (Å²) in [7, 11) is 1.58. The van der Waals surface area contributed by atoms with Crippen molar-refractivity contribution in [3.05, 3.63) is 107 Å². The summed E-state index contributed by atoms with van der Waals surface area (Å²) in [6.07, 6.45) is -16.3. The van der Waals surface area contributed by atoms with Crippen LogP contribution in [0.1, 0.15) is 59.5 Å². The Morgan fingerprint density at radius 1 is 0.531 bits per heavy atom. The van der Waals surface area contributed by atoms with Crippen molar-refractivity contribution < 1.29 is 90.7 Å². The van der Waals surface area contributed by atoms with Gasteiger partial charge < -0.3 is 61.9 Å². The summed E-state index contributed by atoms with van der Waals surface area (Å²) >= 11 is 0. The SMILES string of the molecule is COCCOCc1ccc(CO[C@@H]2O[C@H](COC(=O)c3ccccc3)[C@H](O[C@@H]3O[C@H](COC(C)=O)[C@@H](OC(C)=O)[C@H](OC(C)=O)[C@H]3OC(C)=O)[C@H](O)[C@H]2OC(=O)c2ccccc2)cc1. The Balaban J connectivity index is 1.51. The third-order valence-corrected chi connectivity index (χ3v) is 9.63. The zero-order valence-corrected chi connectivity index (χ0v) is 35.9. The lowest BCUT2D eigenvalue weighted by Crippen LogP contribution is -2.66. The molecule has 2 heterocycles. The standard InChI is InChI=1S/C45H52O19/c1-26(46)55-24-35-38(58-27(2)47)40(59-28(3)48)41(60-29(4)49)45(62-35)64-37-34(25-56-42(51)32-12-8-6-9-13-32)61-44(39(36(37)50)63-43(52)33-14-10-7-11-15-33)57-23-31-18-16-30(17-19-31)22-54-21-20-53-5/h6-19,34-41,44-45,50H,20-25H2,1-5H3/t34-,35-,36+,37+,38-,39-,40+,41-,44-,45+/m1/s1. The van der Waals surface area contributed by atoms with Gasteiger partial charge >= 0.3 is 35.8 Å². The zero-order valence-electron chi connectivity index (χ0n) is 35.9. The number of esters is 6. The maximum Gasteiger partial charge on any atom is 0.338 e. The molecule has 0 bridgehead atoms. The summed E-state index contributed by atoms with van der Waals surface area (Å²) < 4.78 is 69.1. The number of hydrogen-bond acceptors (Lipinski definition) is 19. The van der Waals surface area contributed by atoms with E-state index in [2.05, 4.69) is 0 Å². The van der Waals surface area contributed by atoms with Gasteiger partial charge in [-0.05, 0) is 35.4 Å². The van der Waals surface area contributed by atoms with E-state index < -0.39 is 110 Å². The highest BCUT2D eigenvalue weighted by molar-refractivity contribution is 5.90. The van der Waals surface area contributed by atoms with Crippen LogP contribution in [0.3, 0.4) is 0 Å². The lowest BCUT2D eigenvalue weighted by molar-refractivity contribution is -0.360. The summed E-state index contributed by atoms with van der Waals surface area (Å²) in [5, 5.41) is 12.3. The van der Waals surface area contributed by atoms with Gasteiger partial charge in [0.1, 0.15) is 37.6 Å². The minimum atomic E-state index is -1.88. The van der Waals surface area contributed by atoms with Crippen LogP contribution in [0.2, 0.25) is 0 Å². The van der Waals surface area contributed by atoms with Crippen LogP contribution in [0.5, 0.6) is 0 Å². The van der Waals surface area contributed by atoms with Crippen LogP contribution < -0.4 is 0 Å². The Labute approximate surface area is 369 Å². The molecular formula is C45H52O19.